The van der Waals surface area contributed by atoms with Gasteiger partial charge >= 0.3 is 11.9 Å². The second kappa shape index (κ2) is 10.4. The Hall–Kier alpha value is -1.97. The molecule has 1 aromatic carbocycles. The minimum atomic E-state index is -1.16. The van der Waals surface area contributed by atoms with Crippen molar-refractivity contribution in [2.75, 3.05) is 12.5 Å². The topological polar surface area (TPSA) is 131 Å². The van der Waals surface area contributed by atoms with Crippen LogP contribution in [0.15, 0.2) is 40.3 Å². The van der Waals surface area contributed by atoms with Crippen molar-refractivity contribution in [2.24, 2.45) is 5.11 Å². The number of esters is 2. The number of rotatable bonds is 7. The number of aliphatic hydroxyl groups is 1. The Bertz CT molecular complexity index is 703. The molecule has 9 nitrogen and oxygen atoms in total. The zero-order valence-corrected chi connectivity index (χ0v) is 15.9. The molecule has 0 aliphatic carbocycles. The Morgan fingerprint density at radius 2 is 2.04 bits per heavy atom. The highest BCUT2D eigenvalue weighted by Crippen LogP contribution is 2.37. The summed E-state index contributed by atoms with van der Waals surface area (Å²) in [5.41, 5.74) is 8.18. The first-order chi connectivity index (χ1) is 13.0. The number of azide groups is 1. The van der Waals surface area contributed by atoms with Crippen LogP contribution in [0.2, 0.25) is 0 Å². The highest BCUT2D eigenvalue weighted by molar-refractivity contribution is 7.99. The third kappa shape index (κ3) is 5.75. The fourth-order valence-electron chi connectivity index (χ4n) is 2.60. The van der Waals surface area contributed by atoms with E-state index < -0.39 is 54.2 Å². The van der Waals surface area contributed by atoms with Gasteiger partial charge in [-0.3, -0.25) is 9.59 Å². The van der Waals surface area contributed by atoms with Gasteiger partial charge in [0, 0.05) is 16.7 Å². The SMILES string of the molecule is CC(=O)O[C@@H]1[C@H](OC(=O)CCl)[C@@H](N=[N+]=[N-])[C@H](Sc2ccccc2)O[C@@H]1CO. The van der Waals surface area contributed by atoms with E-state index >= 15 is 0 Å². The lowest BCUT2D eigenvalue weighted by atomic mass is 9.98. The van der Waals surface area contributed by atoms with Crippen molar-refractivity contribution in [2.45, 2.75) is 41.6 Å². The van der Waals surface area contributed by atoms with Gasteiger partial charge in [-0.2, -0.15) is 0 Å². The smallest absolute Gasteiger partial charge is 0.321 e. The van der Waals surface area contributed by atoms with Crippen LogP contribution in [0.1, 0.15) is 6.92 Å². The summed E-state index contributed by atoms with van der Waals surface area (Å²) in [5.74, 6) is -1.88. The molecule has 0 unspecified atom stereocenters. The monoisotopic (exact) mass is 415 g/mol. The van der Waals surface area contributed by atoms with E-state index in [0.29, 0.717) is 0 Å². The van der Waals surface area contributed by atoms with Crippen molar-refractivity contribution in [3.8, 4) is 0 Å². The second-order valence-electron chi connectivity index (χ2n) is 5.51. The largest absolute Gasteiger partial charge is 0.457 e. The van der Waals surface area contributed by atoms with Crippen LogP contribution >= 0.6 is 23.4 Å². The summed E-state index contributed by atoms with van der Waals surface area (Å²) in [4.78, 5) is 26.9. The number of ether oxygens (including phenoxy) is 3. The van der Waals surface area contributed by atoms with Crippen molar-refractivity contribution < 1.29 is 28.9 Å². The molecule has 11 heteroatoms. The summed E-state index contributed by atoms with van der Waals surface area (Å²) in [6, 6.07) is 8.13. The van der Waals surface area contributed by atoms with Crippen LogP contribution in [0.25, 0.3) is 10.4 Å². The van der Waals surface area contributed by atoms with Crippen LogP contribution in [0.3, 0.4) is 0 Å². The highest BCUT2D eigenvalue weighted by Gasteiger charge is 2.49. The Morgan fingerprint density at radius 3 is 2.59 bits per heavy atom. The molecule has 0 saturated carbocycles. The first kappa shape index (κ1) is 21.3. The molecule has 27 heavy (non-hydrogen) atoms. The molecule has 1 aliphatic heterocycles. The molecule has 0 radical (unpaired) electrons. The maximum atomic E-state index is 11.8. The normalized spacial score (nSPS) is 27.3. The van der Waals surface area contributed by atoms with E-state index in [4.69, 9.17) is 31.3 Å². The number of alkyl halides is 1. The van der Waals surface area contributed by atoms with Crippen LogP contribution in [-0.4, -0.2) is 59.3 Å². The Labute approximate surface area is 164 Å². The third-order valence-electron chi connectivity index (χ3n) is 3.65. The molecule has 0 amide bonds. The number of halogens is 1. The van der Waals surface area contributed by atoms with Crippen LogP contribution in [0.4, 0.5) is 0 Å². The van der Waals surface area contributed by atoms with Crippen LogP contribution < -0.4 is 0 Å². The second-order valence-corrected chi connectivity index (χ2v) is 6.95. The summed E-state index contributed by atoms with van der Waals surface area (Å²) in [7, 11) is 0. The Morgan fingerprint density at radius 1 is 1.33 bits per heavy atom. The number of benzene rings is 1. The summed E-state index contributed by atoms with van der Waals surface area (Å²) < 4.78 is 16.3. The summed E-state index contributed by atoms with van der Waals surface area (Å²) in [5, 5.41) is 13.4. The molecule has 0 bridgehead atoms. The van der Waals surface area contributed by atoms with E-state index in [1.807, 2.05) is 30.3 Å². The summed E-state index contributed by atoms with van der Waals surface area (Å²) >= 11 is 6.74. The number of hydrogen-bond acceptors (Lipinski definition) is 8. The van der Waals surface area contributed by atoms with Gasteiger partial charge in [-0.1, -0.05) is 35.1 Å². The van der Waals surface area contributed by atoms with Crippen molar-refractivity contribution >= 4 is 35.3 Å². The molecule has 1 aliphatic rings. The van der Waals surface area contributed by atoms with Crippen LogP contribution in [0.5, 0.6) is 0 Å². The molecule has 146 valence electrons. The summed E-state index contributed by atoms with van der Waals surface area (Å²) in [6.45, 7) is 0.671. The maximum Gasteiger partial charge on any atom is 0.321 e. The zero-order valence-electron chi connectivity index (χ0n) is 14.3. The molecule has 2 rings (SSSR count). The Kier molecular flexibility index (Phi) is 8.21. The van der Waals surface area contributed by atoms with Gasteiger partial charge in [0.15, 0.2) is 12.2 Å². The third-order valence-corrected chi connectivity index (χ3v) is 5.04. The van der Waals surface area contributed by atoms with Crippen LogP contribution in [-0.2, 0) is 23.8 Å². The molecular weight excluding hydrogens is 398 g/mol. The van der Waals surface area contributed by atoms with E-state index in [9.17, 15) is 14.7 Å². The lowest BCUT2D eigenvalue weighted by Gasteiger charge is -2.43. The predicted molar refractivity (Wildman–Crippen MR) is 97.1 cm³/mol. The van der Waals surface area contributed by atoms with E-state index in [-0.39, 0.29) is 0 Å². The average molecular weight is 416 g/mol. The molecule has 0 aromatic heterocycles. The van der Waals surface area contributed by atoms with E-state index in [2.05, 4.69) is 10.0 Å². The molecule has 0 spiro atoms. The Balaban J connectivity index is 2.38. The standard InChI is InChI=1S/C16H18ClN3O6S/c1-9(22)24-14-11(8-21)25-16(27-10-5-3-2-4-6-10)13(19-20-18)15(14)26-12(23)7-17/h2-6,11,13-16,21H,7-8H2,1H3/t11-,13-,14+,15-,16+/m1/s1. The fraction of sp³-hybridized carbons (Fsp3) is 0.500. The van der Waals surface area contributed by atoms with Gasteiger partial charge in [0.2, 0.25) is 0 Å². The number of carbonyl (C=O) groups is 2. The van der Waals surface area contributed by atoms with Gasteiger partial charge in [-0.15, -0.1) is 11.6 Å². The molecule has 1 fully saturated rings. The highest BCUT2D eigenvalue weighted by atomic mass is 35.5. The quantitative estimate of drug-likeness (QED) is 0.237. The van der Waals surface area contributed by atoms with Crippen molar-refractivity contribution in [3.05, 3.63) is 40.8 Å². The van der Waals surface area contributed by atoms with Gasteiger partial charge in [0.25, 0.3) is 0 Å². The minimum absolute atomic E-state index is 0.437. The molecule has 1 heterocycles. The molecule has 1 N–H and O–H groups in total. The maximum absolute atomic E-state index is 11.8. The van der Waals surface area contributed by atoms with Gasteiger partial charge in [-0.05, 0) is 17.7 Å². The molecule has 1 saturated heterocycles. The number of carbonyl (C=O) groups excluding carboxylic acids is 2. The molecule has 5 atom stereocenters. The van der Waals surface area contributed by atoms with Gasteiger partial charge < -0.3 is 19.3 Å². The van der Waals surface area contributed by atoms with Crippen molar-refractivity contribution in [3.63, 3.8) is 0 Å². The van der Waals surface area contributed by atoms with Crippen molar-refractivity contribution in [1.82, 2.24) is 0 Å². The molecule has 1 aromatic rings. The fourth-order valence-corrected chi connectivity index (χ4v) is 3.80. The van der Waals surface area contributed by atoms with Gasteiger partial charge in [-0.25, -0.2) is 0 Å². The average Bonchev–Trinajstić information content (AvgIpc) is 2.66. The lowest BCUT2D eigenvalue weighted by molar-refractivity contribution is -0.205. The number of nitrogens with zero attached hydrogens (tertiary/aromatic N) is 3. The van der Waals surface area contributed by atoms with Crippen molar-refractivity contribution in [1.29, 1.82) is 0 Å². The molecular formula is C16H18ClN3O6S. The number of aliphatic hydroxyl groups excluding tert-OH is 1. The number of hydrogen-bond donors (Lipinski definition) is 1. The number of thioether (sulfide) groups is 1. The summed E-state index contributed by atoms with van der Waals surface area (Å²) in [6.07, 6.45) is -3.29. The predicted octanol–water partition coefficient (Wildman–Crippen LogP) is 2.26. The van der Waals surface area contributed by atoms with E-state index in [1.54, 1.807) is 0 Å². The first-order valence-corrected chi connectivity index (χ1v) is 9.36. The van der Waals surface area contributed by atoms with Gasteiger partial charge in [0.1, 0.15) is 23.5 Å². The van der Waals surface area contributed by atoms with E-state index in [1.165, 1.54) is 18.7 Å². The minimum Gasteiger partial charge on any atom is -0.457 e. The first-order valence-electron chi connectivity index (χ1n) is 7.95. The van der Waals surface area contributed by atoms with E-state index in [0.717, 1.165) is 4.90 Å². The lowest BCUT2D eigenvalue weighted by Crippen LogP contribution is -2.59. The van der Waals surface area contributed by atoms with Gasteiger partial charge in [0.05, 0.1) is 6.61 Å². The van der Waals surface area contributed by atoms with Crippen LogP contribution in [0, 0.1) is 0 Å². The zero-order chi connectivity index (χ0) is 19.8.